The fourth-order valence-corrected chi connectivity index (χ4v) is 3.80. The van der Waals surface area contributed by atoms with Crippen LogP contribution >= 0.6 is 35.2 Å². The van der Waals surface area contributed by atoms with Gasteiger partial charge in [-0.15, -0.1) is 11.3 Å². The summed E-state index contributed by atoms with van der Waals surface area (Å²) < 4.78 is 5.71. The lowest BCUT2D eigenvalue weighted by atomic mass is 10.1. The van der Waals surface area contributed by atoms with E-state index in [1.165, 1.54) is 16.2 Å². The number of nitrogens with zero attached hydrogens (tertiary/aromatic N) is 2. The van der Waals surface area contributed by atoms with Crippen molar-refractivity contribution in [3.05, 3.63) is 87.0 Å². The summed E-state index contributed by atoms with van der Waals surface area (Å²) in [5.41, 5.74) is 4.81. The van der Waals surface area contributed by atoms with Crippen LogP contribution in [0.25, 0.3) is 6.08 Å². The number of hydrogen-bond acceptors (Lipinski definition) is 5. The highest BCUT2D eigenvalue weighted by molar-refractivity contribution is 7.80. The molecule has 3 aromatic rings. The summed E-state index contributed by atoms with van der Waals surface area (Å²) in [7, 11) is 0. The van der Waals surface area contributed by atoms with Gasteiger partial charge < -0.3 is 10.1 Å². The fourth-order valence-electron chi connectivity index (χ4n) is 2.81. The number of hydrogen-bond donors (Lipinski definition) is 1. The summed E-state index contributed by atoms with van der Waals surface area (Å²) in [6.07, 6.45) is 1.77. The second-order valence-electron chi connectivity index (χ2n) is 6.31. The molecule has 1 aliphatic rings. The molecule has 0 unspecified atom stereocenters. The van der Waals surface area contributed by atoms with Gasteiger partial charge in [0.2, 0.25) is 0 Å². The first kappa shape index (κ1) is 19.6. The first-order chi connectivity index (χ1) is 14.1. The van der Waals surface area contributed by atoms with Crippen molar-refractivity contribution < 1.29 is 9.53 Å². The van der Waals surface area contributed by atoms with Crippen molar-refractivity contribution in [1.82, 2.24) is 15.2 Å². The number of carbonyl (C=O) groups is 1. The van der Waals surface area contributed by atoms with Gasteiger partial charge in [-0.3, -0.25) is 9.69 Å². The second kappa shape index (κ2) is 8.73. The molecule has 0 bridgehead atoms. The lowest BCUT2D eigenvalue weighted by Gasteiger charge is -2.14. The van der Waals surface area contributed by atoms with E-state index in [2.05, 4.69) is 10.3 Å². The largest absolute Gasteiger partial charge is 0.487 e. The van der Waals surface area contributed by atoms with Crippen molar-refractivity contribution in [2.24, 2.45) is 0 Å². The molecular weight excluding hydrogens is 426 g/mol. The van der Waals surface area contributed by atoms with Crippen LogP contribution in [0, 0.1) is 0 Å². The zero-order chi connectivity index (χ0) is 20.2. The highest BCUT2D eigenvalue weighted by atomic mass is 35.5. The third-order valence-electron chi connectivity index (χ3n) is 4.31. The van der Waals surface area contributed by atoms with Gasteiger partial charge in [0.1, 0.15) is 18.1 Å². The smallest absolute Gasteiger partial charge is 0.276 e. The highest BCUT2D eigenvalue weighted by Gasteiger charge is 2.30. The Bertz CT molecular complexity index is 1070. The summed E-state index contributed by atoms with van der Waals surface area (Å²) in [5.74, 6) is 0.556. The van der Waals surface area contributed by atoms with Crippen LogP contribution < -0.4 is 10.1 Å². The molecule has 1 N–H and O–H groups in total. The average molecular weight is 442 g/mol. The standard InChI is InChI=1S/C21H16ClN3O2S2/c22-18-4-2-1-3-15(18)10-25-20(26)19(24-21(25)28)9-14-5-7-17(8-6-14)27-11-16-12-29-13-23-16/h1-9,12-13H,10-11H2,(H,24,28)/b19-9+. The van der Waals surface area contributed by atoms with Crippen LogP contribution in [0.5, 0.6) is 5.75 Å². The minimum Gasteiger partial charge on any atom is -0.487 e. The van der Waals surface area contributed by atoms with Gasteiger partial charge in [0, 0.05) is 10.4 Å². The number of amides is 1. The van der Waals surface area contributed by atoms with Crippen molar-refractivity contribution in [3.63, 3.8) is 0 Å². The van der Waals surface area contributed by atoms with Crippen molar-refractivity contribution in [2.75, 3.05) is 0 Å². The lowest BCUT2D eigenvalue weighted by molar-refractivity contribution is -0.122. The van der Waals surface area contributed by atoms with Gasteiger partial charge in [-0.2, -0.15) is 0 Å². The Morgan fingerprint density at radius 1 is 1.21 bits per heavy atom. The van der Waals surface area contributed by atoms with E-state index in [4.69, 9.17) is 28.6 Å². The molecule has 4 rings (SSSR count). The van der Waals surface area contributed by atoms with E-state index in [1.807, 2.05) is 47.8 Å². The summed E-state index contributed by atoms with van der Waals surface area (Å²) in [4.78, 5) is 18.5. The van der Waals surface area contributed by atoms with Crippen LogP contribution in [0.4, 0.5) is 0 Å². The topological polar surface area (TPSA) is 54.5 Å². The third-order valence-corrected chi connectivity index (χ3v) is 5.64. The van der Waals surface area contributed by atoms with Crippen LogP contribution in [0.2, 0.25) is 5.02 Å². The molecule has 1 aromatic heterocycles. The molecule has 29 heavy (non-hydrogen) atoms. The highest BCUT2D eigenvalue weighted by Crippen LogP contribution is 2.22. The Morgan fingerprint density at radius 2 is 2.00 bits per heavy atom. The zero-order valence-electron chi connectivity index (χ0n) is 15.2. The Labute approximate surface area is 182 Å². The van der Waals surface area contributed by atoms with Gasteiger partial charge in [0.05, 0.1) is 17.7 Å². The van der Waals surface area contributed by atoms with E-state index in [9.17, 15) is 4.79 Å². The first-order valence-electron chi connectivity index (χ1n) is 8.78. The molecule has 146 valence electrons. The molecule has 1 saturated heterocycles. The number of aromatic nitrogens is 1. The van der Waals surface area contributed by atoms with E-state index in [0.29, 0.717) is 29.0 Å². The van der Waals surface area contributed by atoms with E-state index in [0.717, 1.165) is 22.6 Å². The SMILES string of the molecule is O=C1/C(=C\c2ccc(OCc3cscn3)cc2)NC(=S)N1Cc1ccccc1Cl. The molecule has 2 heterocycles. The van der Waals surface area contributed by atoms with E-state index in [1.54, 1.807) is 17.7 Å². The minimum absolute atomic E-state index is 0.182. The molecular formula is C21H16ClN3O2S2. The number of thiocarbonyl (C=S) groups is 1. The Hall–Kier alpha value is -2.74. The predicted octanol–water partition coefficient (Wildman–Crippen LogP) is 4.63. The number of benzene rings is 2. The Kier molecular flexibility index (Phi) is 5.89. The Morgan fingerprint density at radius 3 is 2.72 bits per heavy atom. The molecule has 0 saturated carbocycles. The maximum atomic E-state index is 12.8. The van der Waals surface area contributed by atoms with Crippen LogP contribution in [0.15, 0.2) is 65.1 Å². The van der Waals surface area contributed by atoms with Gasteiger partial charge in [-0.25, -0.2) is 4.98 Å². The van der Waals surface area contributed by atoms with Gasteiger partial charge in [0.25, 0.3) is 5.91 Å². The molecule has 0 radical (unpaired) electrons. The van der Waals surface area contributed by atoms with Gasteiger partial charge >= 0.3 is 0 Å². The number of nitrogens with one attached hydrogen (secondary N) is 1. The van der Waals surface area contributed by atoms with Gasteiger partial charge in [-0.05, 0) is 47.6 Å². The Balaban J connectivity index is 1.43. The number of rotatable bonds is 6. The number of thiazole rings is 1. The molecule has 5 nitrogen and oxygen atoms in total. The summed E-state index contributed by atoms with van der Waals surface area (Å²) in [6, 6.07) is 14.9. The normalized spacial score (nSPS) is 15.1. The number of halogens is 1. The van der Waals surface area contributed by atoms with Gasteiger partial charge in [-0.1, -0.05) is 41.9 Å². The lowest BCUT2D eigenvalue weighted by Crippen LogP contribution is -2.30. The molecule has 1 aliphatic heterocycles. The zero-order valence-corrected chi connectivity index (χ0v) is 17.6. The quantitative estimate of drug-likeness (QED) is 0.446. The molecule has 2 aromatic carbocycles. The van der Waals surface area contributed by atoms with Crippen molar-refractivity contribution in [1.29, 1.82) is 0 Å². The minimum atomic E-state index is -0.182. The van der Waals surface area contributed by atoms with Crippen LogP contribution in [-0.2, 0) is 17.9 Å². The molecule has 1 fully saturated rings. The monoisotopic (exact) mass is 441 g/mol. The first-order valence-corrected chi connectivity index (χ1v) is 10.5. The van der Waals surface area contributed by atoms with Gasteiger partial charge in [0.15, 0.2) is 5.11 Å². The van der Waals surface area contributed by atoms with Crippen molar-refractivity contribution in [2.45, 2.75) is 13.2 Å². The third kappa shape index (κ3) is 4.64. The van der Waals surface area contributed by atoms with Crippen LogP contribution in [0.3, 0.4) is 0 Å². The van der Waals surface area contributed by atoms with Crippen molar-refractivity contribution >= 4 is 52.3 Å². The number of carbonyl (C=O) groups excluding carboxylic acids is 1. The van der Waals surface area contributed by atoms with E-state index >= 15 is 0 Å². The fraction of sp³-hybridized carbons (Fsp3) is 0.0952. The molecule has 8 heteroatoms. The summed E-state index contributed by atoms with van der Waals surface area (Å²) in [5, 5.41) is 5.91. The van der Waals surface area contributed by atoms with E-state index < -0.39 is 0 Å². The summed E-state index contributed by atoms with van der Waals surface area (Å²) in [6.45, 7) is 0.750. The van der Waals surface area contributed by atoms with Crippen molar-refractivity contribution in [3.8, 4) is 5.75 Å². The summed E-state index contributed by atoms with van der Waals surface area (Å²) >= 11 is 13.1. The molecule has 1 amide bonds. The van der Waals surface area contributed by atoms with E-state index in [-0.39, 0.29) is 5.91 Å². The molecule has 0 atom stereocenters. The average Bonchev–Trinajstić information content (AvgIpc) is 3.33. The van der Waals surface area contributed by atoms with Crippen LogP contribution in [-0.4, -0.2) is 20.9 Å². The maximum absolute atomic E-state index is 12.8. The maximum Gasteiger partial charge on any atom is 0.276 e. The molecule has 0 aliphatic carbocycles. The molecule has 0 spiro atoms. The predicted molar refractivity (Wildman–Crippen MR) is 119 cm³/mol. The second-order valence-corrected chi connectivity index (χ2v) is 7.82. The van der Waals surface area contributed by atoms with Crippen LogP contribution in [0.1, 0.15) is 16.8 Å². The number of ether oxygens (including phenoxy) is 1.